The molecule has 0 saturated carbocycles. The minimum Gasteiger partial charge on any atom is -0.375 e. The fourth-order valence-electron chi connectivity index (χ4n) is 2.66. The molecular formula is C16H26N2O2. The minimum atomic E-state index is 0.0941. The predicted octanol–water partition coefficient (Wildman–Crippen LogP) is 2.67. The number of ether oxygens (including phenoxy) is 1. The summed E-state index contributed by atoms with van der Waals surface area (Å²) in [5, 5.41) is 0. The smallest absolute Gasteiger partial charge is 0.223 e. The van der Waals surface area contributed by atoms with Gasteiger partial charge in [0.1, 0.15) is 0 Å². The van der Waals surface area contributed by atoms with Crippen molar-refractivity contribution in [1.29, 1.82) is 0 Å². The lowest BCUT2D eigenvalue weighted by Crippen LogP contribution is -2.37. The third-order valence-electron chi connectivity index (χ3n) is 3.79. The van der Waals surface area contributed by atoms with Gasteiger partial charge in [0.15, 0.2) is 0 Å². The zero-order chi connectivity index (χ0) is 14.5. The van der Waals surface area contributed by atoms with Crippen molar-refractivity contribution in [3.05, 3.63) is 24.0 Å². The summed E-state index contributed by atoms with van der Waals surface area (Å²) in [6.45, 7) is 9.25. The number of aromatic nitrogens is 1. The Balaban J connectivity index is 2.06. The number of fused-ring (bicyclic) bond motifs is 1. The van der Waals surface area contributed by atoms with Gasteiger partial charge in [0, 0.05) is 31.5 Å². The molecule has 1 aliphatic heterocycles. The minimum absolute atomic E-state index is 0.0941. The average molecular weight is 278 g/mol. The van der Waals surface area contributed by atoms with Crippen LogP contribution in [-0.2, 0) is 22.6 Å². The Morgan fingerprint density at radius 2 is 2.25 bits per heavy atom. The lowest BCUT2D eigenvalue weighted by Gasteiger charge is -2.24. The highest BCUT2D eigenvalue weighted by Crippen LogP contribution is 2.17. The first-order valence-electron chi connectivity index (χ1n) is 7.63. The fraction of sp³-hybridized carbons (Fsp3) is 0.688. The largest absolute Gasteiger partial charge is 0.375 e. The third kappa shape index (κ3) is 3.85. The highest BCUT2D eigenvalue weighted by molar-refractivity contribution is 5.76. The van der Waals surface area contributed by atoms with Crippen molar-refractivity contribution in [2.45, 2.75) is 52.8 Å². The van der Waals surface area contributed by atoms with Crippen molar-refractivity contribution in [2.24, 2.45) is 5.92 Å². The number of carbonyl (C=O) groups is 1. The Morgan fingerprint density at radius 1 is 1.45 bits per heavy atom. The van der Waals surface area contributed by atoms with Crippen LogP contribution in [0.5, 0.6) is 0 Å². The van der Waals surface area contributed by atoms with Gasteiger partial charge in [0.25, 0.3) is 0 Å². The van der Waals surface area contributed by atoms with Crippen molar-refractivity contribution < 1.29 is 9.53 Å². The Kier molecular flexibility index (Phi) is 5.24. The Bertz CT molecular complexity index is 439. The van der Waals surface area contributed by atoms with Gasteiger partial charge < -0.3 is 14.2 Å². The molecule has 1 aliphatic rings. The summed E-state index contributed by atoms with van der Waals surface area (Å²) in [6.07, 6.45) is 3.76. The molecule has 1 aromatic heterocycles. The zero-order valence-corrected chi connectivity index (χ0v) is 12.8. The van der Waals surface area contributed by atoms with Crippen LogP contribution in [0, 0.1) is 5.92 Å². The van der Waals surface area contributed by atoms with Crippen molar-refractivity contribution in [1.82, 2.24) is 9.47 Å². The van der Waals surface area contributed by atoms with E-state index in [2.05, 4.69) is 30.7 Å². The first-order chi connectivity index (χ1) is 9.60. The van der Waals surface area contributed by atoms with E-state index in [1.54, 1.807) is 0 Å². The van der Waals surface area contributed by atoms with Crippen molar-refractivity contribution in [3.8, 4) is 0 Å². The summed E-state index contributed by atoms with van der Waals surface area (Å²) in [6, 6.07) is 4.14. The first-order valence-corrected chi connectivity index (χ1v) is 7.63. The van der Waals surface area contributed by atoms with Crippen LogP contribution < -0.4 is 0 Å². The van der Waals surface area contributed by atoms with Crippen LogP contribution in [0.2, 0.25) is 0 Å². The predicted molar refractivity (Wildman–Crippen MR) is 79.3 cm³/mol. The molecule has 112 valence electrons. The van der Waals surface area contributed by atoms with Crippen LogP contribution in [0.25, 0.3) is 0 Å². The second kappa shape index (κ2) is 6.93. The number of nitrogens with zero attached hydrogens (tertiary/aromatic N) is 2. The van der Waals surface area contributed by atoms with Gasteiger partial charge in [-0.15, -0.1) is 0 Å². The molecule has 2 rings (SSSR count). The van der Waals surface area contributed by atoms with Crippen LogP contribution in [0.4, 0.5) is 0 Å². The van der Waals surface area contributed by atoms with E-state index in [-0.39, 0.29) is 12.0 Å². The lowest BCUT2D eigenvalue weighted by atomic mass is 10.1. The van der Waals surface area contributed by atoms with Crippen LogP contribution in [0.3, 0.4) is 0 Å². The van der Waals surface area contributed by atoms with E-state index < -0.39 is 0 Å². The zero-order valence-electron chi connectivity index (χ0n) is 12.8. The van der Waals surface area contributed by atoms with Crippen molar-refractivity contribution in [3.63, 3.8) is 0 Å². The van der Waals surface area contributed by atoms with Gasteiger partial charge in [-0.2, -0.15) is 0 Å². The molecule has 0 aliphatic carbocycles. The Morgan fingerprint density at radius 3 is 2.95 bits per heavy atom. The molecule has 4 heteroatoms. The molecule has 0 saturated heterocycles. The molecular weight excluding hydrogens is 252 g/mol. The van der Waals surface area contributed by atoms with Gasteiger partial charge in [-0.1, -0.05) is 13.8 Å². The molecule has 0 fully saturated rings. The van der Waals surface area contributed by atoms with E-state index in [1.165, 1.54) is 5.69 Å². The van der Waals surface area contributed by atoms with Gasteiger partial charge in [-0.3, -0.25) is 4.79 Å². The van der Waals surface area contributed by atoms with E-state index >= 15 is 0 Å². The highest BCUT2D eigenvalue weighted by atomic mass is 16.5. The SMILES string of the molecule is CCOC1CN(C(=O)CCC(C)C)Cc2cccn2C1. The third-order valence-corrected chi connectivity index (χ3v) is 3.79. The molecule has 1 amide bonds. The summed E-state index contributed by atoms with van der Waals surface area (Å²) < 4.78 is 7.98. The second-order valence-corrected chi connectivity index (χ2v) is 5.94. The molecule has 4 nitrogen and oxygen atoms in total. The molecule has 1 aromatic rings. The molecule has 0 aromatic carbocycles. The average Bonchev–Trinajstić information content (AvgIpc) is 2.75. The van der Waals surface area contributed by atoms with E-state index in [1.807, 2.05) is 17.9 Å². The van der Waals surface area contributed by atoms with E-state index in [0.717, 1.165) is 13.0 Å². The van der Waals surface area contributed by atoms with Gasteiger partial charge in [0.05, 0.1) is 19.2 Å². The maximum absolute atomic E-state index is 12.4. The molecule has 0 spiro atoms. The number of hydrogen-bond donors (Lipinski definition) is 0. The van der Waals surface area contributed by atoms with E-state index in [4.69, 9.17) is 4.74 Å². The monoisotopic (exact) mass is 278 g/mol. The molecule has 1 unspecified atom stereocenters. The van der Waals surface area contributed by atoms with Gasteiger partial charge in [0.2, 0.25) is 5.91 Å². The van der Waals surface area contributed by atoms with E-state index in [9.17, 15) is 4.79 Å². The first kappa shape index (κ1) is 15.1. The summed E-state index contributed by atoms with van der Waals surface area (Å²) in [7, 11) is 0. The van der Waals surface area contributed by atoms with E-state index in [0.29, 0.717) is 32.0 Å². The summed E-state index contributed by atoms with van der Waals surface area (Å²) in [5.74, 6) is 0.815. The summed E-state index contributed by atoms with van der Waals surface area (Å²) in [5.41, 5.74) is 1.20. The van der Waals surface area contributed by atoms with Gasteiger partial charge >= 0.3 is 0 Å². The molecule has 0 radical (unpaired) electrons. The quantitative estimate of drug-likeness (QED) is 0.830. The van der Waals surface area contributed by atoms with Crippen LogP contribution in [0.15, 0.2) is 18.3 Å². The van der Waals surface area contributed by atoms with Crippen molar-refractivity contribution in [2.75, 3.05) is 13.2 Å². The highest BCUT2D eigenvalue weighted by Gasteiger charge is 2.24. The molecule has 0 N–H and O–H groups in total. The van der Waals surface area contributed by atoms with Crippen LogP contribution in [0.1, 0.15) is 39.3 Å². The maximum atomic E-state index is 12.4. The fourth-order valence-corrected chi connectivity index (χ4v) is 2.66. The topological polar surface area (TPSA) is 34.5 Å². The van der Waals surface area contributed by atoms with Crippen molar-refractivity contribution >= 4 is 5.91 Å². The van der Waals surface area contributed by atoms with Crippen LogP contribution in [-0.4, -0.2) is 34.6 Å². The normalized spacial score (nSPS) is 19.0. The number of amides is 1. The lowest BCUT2D eigenvalue weighted by molar-refractivity contribution is -0.134. The molecule has 20 heavy (non-hydrogen) atoms. The molecule has 2 heterocycles. The van der Waals surface area contributed by atoms with Crippen LogP contribution >= 0.6 is 0 Å². The number of rotatable bonds is 5. The maximum Gasteiger partial charge on any atom is 0.223 e. The van der Waals surface area contributed by atoms with Gasteiger partial charge in [-0.05, 0) is 31.4 Å². The number of hydrogen-bond acceptors (Lipinski definition) is 2. The molecule has 1 atom stereocenters. The Hall–Kier alpha value is -1.29. The summed E-state index contributed by atoms with van der Waals surface area (Å²) in [4.78, 5) is 14.4. The van der Waals surface area contributed by atoms with Gasteiger partial charge in [-0.25, -0.2) is 0 Å². The molecule has 0 bridgehead atoms. The Labute approximate surface area is 121 Å². The second-order valence-electron chi connectivity index (χ2n) is 5.94. The standard InChI is InChI=1S/C16H26N2O2/c1-4-20-15-11-17-9-5-6-14(17)10-18(12-15)16(19)8-7-13(2)3/h5-6,9,13,15H,4,7-8,10-12H2,1-3H3. The number of carbonyl (C=O) groups excluding carboxylic acids is 1. The summed E-state index contributed by atoms with van der Waals surface area (Å²) >= 11 is 0.